The van der Waals surface area contributed by atoms with Crippen LogP contribution < -0.4 is 0 Å². The third-order valence-electron chi connectivity index (χ3n) is 2.13. The highest BCUT2D eigenvalue weighted by Crippen LogP contribution is 2.44. The summed E-state index contributed by atoms with van der Waals surface area (Å²) < 4.78 is 5.97. The van der Waals surface area contributed by atoms with Gasteiger partial charge in [-0.25, -0.2) is 0 Å². The summed E-state index contributed by atoms with van der Waals surface area (Å²) in [6.07, 6.45) is 2.88. The minimum atomic E-state index is 0.539. The second kappa shape index (κ2) is 1.84. The summed E-state index contributed by atoms with van der Waals surface area (Å²) in [5.41, 5.74) is 0. The molecule has 1 atom stereocenters. The molecule has 0 spiro atoms. The minimum absolute atomic E-state index is 0.539. The van der Waals surface area contributed by atoms with Crippen molar-refractivity contribution in [2.75, 3.05) is 6.61 Å². The van der Waals surface area contributed by atoms with Crippen molar-refractivity contribution in [2.45, 2.75) is 17.0 Å². The van der Waals surface area contributed by atoms with E-state index in [0.29, 0.717) is 4.11 Å². The van der Waals surface area contributed by atoms with Gasteiger partial charge in [0, 0.05) is 0 Å². The summed E-state index contributed by atoms with van der Waals surface area (Å²) in [6.45, 7) is 1.03. The molecule has 46 valence electrons. The van der Waals surface area contributed by atoms with E-state index in [2.05, 4.69) is 22.6 Å². The van der Waals surface area contributed by atoms with E-state index in [1.165, 1.54) is 12.8 Å². The number of halogens is 1. The molecule has 0 aromatic carbocycles. The maximum Gasteiger partial charge on any atom is 0.111 e. The lowest BCUT2D eigenvalue weighted by molar-refractivity contribution is -0.0713. The first-order valence-corrected chi connectivity index (χ1v) is 4.36. The van der Waals surface area contributed by atoms with E-state index in [4.69, 9.17) is 4.74 Å². The number of ether oxygens (including phenoxy) is 1. The lowest BCUT2D eigenvalue weighted by atomic mass is 9.74. The van der Waals surface area contributed by atoms with Crippen molar-refractivity contribution in [3.8, 4) is 0 Å². The number of hydrogen-bond acceptors (Lipinski definition) is 1. The summed E-state index contributed by atoms with van der Waals surface area (Å²) >= 11 is 2.40. The second-order valence-corrected chi connectivity index (χ2v) is 4.01. The molecule has 8 heavy (non-hydrogen) atoms. The lowest BCUT2D eigenvalue weighted by Crippen LogP contribution is -2.41. The maximum absolute atomic E-state index is 5.43. The summed E-state index contributed by atoms with van der Waals surface area (Å²) in [7, 11) is 0. The quantitative estimate of drug-likeness (QED) is 0.450. The topological polar surface area (TPSA) is 9.23 Å². The molecule has 1 aliphatic carbocycles. The van der Waals surface area contributed by atoms with Crippen molar-refractivity contribution in [2.24, 2.45) is 11.8 Å². The highest BCUT2D eigenvalue weighted by Gasteiger charge is 2.39. The Kier molecular flexibility index (Phi) is 1.26. The average molecular weight is 224 g/mol. The molecule has 0 radical (unpaired) electrons. The number of rotatable bonds is 0. The molecule has 3 rings (SSSR count). The number of fused-ring (bicyclic) bond motifs is 2. The van der Waals surface area contributed by atoms with Gasteiger partial charge in [-0.2, -0.15) is 0 Å². The summed E-state index contributed by atoms with van der Waals surface area (Å²) in [5, 5.41) is 0. The first kappa shape index (κ1) is 5.47. The van der Waals surface area contributed by atoms with E-state index in [1.807, 2.05) is 0 Å². The zero-order chi connectivity index (χ0) is 5.56. The molecular weight excluding hydrogens is 215 g/mol. The Hall–Kier alpha value is 0.690. The van der Waals surface area contributed by atoms with Crippen LogP contribution in [0.4, 0.5) is 0 Å². The lowest BCUT2D eigenvalue weighted by Gasteiger charge is -2.44. The van der Waals surface area contributed by atoms with Crippen LogP contribution in [-0.4, -0.2) is 10.7 Å². The van der Waals surface area contributed by atoms with Gasteiger partial charge in [0.1, 0.15) is 4.11 Å². The van der Waals surface area contributed by atoms with Crippen LogP contribution >= 0.6 is 22.6 Å². The van der Waals surface area contributed by atoms with E-state index in [0.717, 1.165) is 18.4 Å². The minimum Gasteiger partial charge on any atom is -0.367 e. The van der Waals surface area contributed by atoms with E-state index in [9.17, 15) is 0 Å². The standard InChI is InChI=1S/C6H9IO/c7-6-5-1-4(2-5)3-8-6/h4-6H,1-3H2. The third kappa shape index (κ3) is 0.692. The SMILES string of the molecule is IC1OCC2CC1C2. The molecule has 2 heterocycles. The molecule has 2 heteroatoms. The van der Waals surface area contributed by atoms with Gasteiger partial charge < -0.3 is 4.74 Å². The van der Waals surface area contributed by atoms with Crippen molar-refractivity contribution >= 4 is 22.6 Å². The zero-order valence-electron chi connectivity index (χ0n) is 4.64. The summed E-state index contributed by atoms with van der Waals surface area (Å²) in [4.78, 5) is 0. The number of hydrogen-bond donors (Lipinski definition) is 0. The van der Waals surface area contributed by atoms with Crippen LogP contribution in [-0.2, 0) is 4.74 Å². The van der Waals surface area contributed by atoms with Crippen molar-refractivity contribution in [1.82, 2.24) is 0 Å². The Morgan fingerprint density at radius 2 is 2.12 bits per heavy atom. The summed E-state index contributed by atoms with van der Waals surface area (Å²) in [5.74, 6) is 1.85. The highest BCUT2D eigenvalue weighted by molar-refractivity contribution is 14.1. The van der Waals surface area contributed by atoms with Crippen molar-refractivity contribution in [3.63, 3.8) is 0 Å². The highest BCUT2D eigenvalue weighted by atomic mass is 127. The Bertz CT molecular complexity index is 93.2. The van der Waals surface area contributed by atoms with Gasteiger partial charge in [-0.3, -0.25) is 0 Å². The Morgan fingerprint density at radius 1 is 1.38 bits per heavy atom. The van der Waals surface area contributed by atoms with Crippen LogP contribution in [0.25, 0.3) is 0 Å². The molecule has 0 amide bonds. The van der Waals surface area contributed by atoms with Gasteiger partial charge in [-0.15, -0.1) is 0 Å². The van der Waals surface area contributed by atoms with E-state index in [-0.39, 0.29) is 0 Å². The van der Waals surface area contributed by atoms with Crippen LogP contribution in [0, 0.1) is 11.8 Å². The Morgan fingerprint density at radius 3 is 2.38 bits per heavy atom. The molecule has 1 saturated carbocycles. The molecule has 0 aromatic rings. The molecule has 0 N–H and O–H groups in total. The van der Waals surface area contributed by atoms with Crippen LogP contribution in [0.15, 0.2) is 0 Å². The fraction of sp³-hybridized carbons (Fsp3) is 1.00. The largest absolute Gasteiger partial charge is 0.367 e. The fourth-order valence-electron chi connectivity index (χ4n) is 1.50. The third-order valence-corrected chi connectivity index (χ3v) is 3.51. The number of alkyl halides is 1. The zero-order valence-corrected chi connectivity index (χ0v) is 6.80. The normalized spacial score (nSPS) is 52.9. The van der Waals surface area contributed by atoms with E-state index >= 15 is 0 Å². The predicted molar refractivity (Wildman–Crippen MR) is 40.0 cm³/mol. The van der Waals surface area contributed by atoms with Gasteiger partial charge >= 0.3 is 0 Å². The van der Waals surface area contributed by atoms with Crippen LogP contribution in [0.2, 0.25) is 0 Å². The molecule has 3 aliphatic rings. The van der Waals surface area contributed by atoms with Gasteiger partial charge in [0.15, 0.2) is 0 Å². The molecule has 1 unspecified atom stereocenters. The van der Waals surface area contributed by atoms with Gasteiger partial charge in [-0.1, -0.05) is 22.6 Å². The monoisotopic (exact) mass is 224 g/mol. The molecule has 2 aliphatic heterocycles. The Labute approximate surface area is 62.9 Å². The molecule has 0 aromatic heterocycles. The van der Waals surface area contributed by atoms with Crippen molar-refractivity contribution in [1.29, 1.82) is 0 Å². The summed E-state index contributed by atoms with van der Waals surface area (Å²) in [6, 6.07) is 0. The van der Waals surface area contributed by atoms with E-state index in [1.54, 1.807) is 0 Å². The molecular formula is C6H9IO. The molecule has 2 saturated heterocycles. The second-order valence-electron chi connectivity index (χ2n) is 2.78. The smallest absolute Gasteiger partial charge is 0.111 e. The Balaban J connectivity index is 2.01. The van der Waals surface area contributed by atoms with Crippen LogP contribution in [0.5, 0.6) is 0 Å². The molecule has 3 fully saturated rings. The molecule has 1 nitrogen and oxygen atoms in total. The van der Waals surface area contributed by atoms with E-state index < -0.39 is 0 Å². The van der Waals surface area contributed by atoms with Crippen molar-refractivity contribution in [3.05, 3.63) is 0 Å². The van der Waals surface area contributed by atoms with Gasteiger partial charge in [-0.05, 0) is 24.7 Å². The van der Waals surface area contributed by atoms with Crippen LogP contribution in [0.1, 0.15) is 12.8 Å². The predicted octanol–water partition coefficient (Wildman–Crippen LogP) is 1.80. The van der Waals surface area contributed by atoms with Gasteiger partial charge in [0.05, 0.1) is 6.61 Å². The van der Waals surface area contributed by atoms with Crippen molar-refractivity contribution < 1.29 is 4.74 Å². The maximum atomic E-state index is 5.43. The van der Waals surface area contributed by atoms with Gasteiger partial charge in [0.25, 0.3) is 0 Å². The van der Waals surface area contributed by atoms with Crippen LogP contribution in [0.3, 0.4) is 0 Å². The fourth-order valence-corrected chi connectivity index (χ4v) is 2.30. The first-order valence-electron chi connectivity index (χ1n) is 3.12. The molecule has 2 bridgehead atoms. The first-order chi connectivity index (χ1) is 3.86. The van der Waals surface area contributed by atoms with Gasteiger partial charge in [0.2, 0.25) is 0 Å². The average Bonchev–Trinajstić information content (AvgIpc) is 1.62.